The van der Waals surface area contributed by atoms with Crippen LogP contribution in [0.5, 0.6) is 5.75 Å². The number of hydrogen-bond acceptors (Lipinski definition) is 5. The zero-order valence-electron chi connectivity index (χ0n) is 11.8. The number of aromatic nitrogens is 1. The Hall–Kier alpha value is -2.06. The van der Waals surface area contributed by atoms with Crippen molar-refractivity contribution in [3.05, 3.63) is 51.1 Å². The largest absolute Gasteiger partial charge is 0.431 e. The van der Waals surface area contributed by atoms with Crippen molar-refractivity contribution < 1.29 is 9.66 Å². The van der Waals surface area contributed by atoms with Gasteiger partial charge < -0.3 is 9.64 Å². The summed E-state index contributed by atoms with van der Waals surface area (Å²) < 4.78 is 6.33. The number of halogens is 1. The SMILES string of the molecule is CN(C)C(=S)Oc1ccc([N+](=O)[O-])cc1-c1ncccc1Br. The maximum atomic E-state index is 11.0. The van der Waals surface area contributed by atoms with Gasteiger partial charge in [-0.2, -0.15) is 0 Å². The number of nitro groups is 1. The van der Waals surface area contributed by atoms with Gasteiger partial charge in [-0.3, -0.25) is 15.1 Å². The summed E-state index contributed by atoms with van der Waals surface area (Å²) in [5, 5.41) is 11.3. The average Bonchev–Trinajstić information content (AvgIpc) is 2.48. The molecule has 6 nitrogen and oxygen atoms in total. The van der Waals surface area contributed by atoms with Crippen molar-refractivity contribution in [2.75, 3.05) is 14.1 Å². The van der Waals surface area contributed by atoms with E-state index >= 15 is 0 Å². The quantitative estimate of drug-likeness (QED) is 0.459. The Morgan fingerprint density at radius 1 is 1.41 bits per heavy atom. The third-order valence-corrected chi connectivity index (χ3v) is 3.84. The Bertz CT molecular complexity index is 737. The maximum absolute atomic E-state index is 11.0. The molecule has 0 unspecified atom stereocenters. The monoisotopic (exact) mass is 381 g/mol. The van der Waals surface area contributed by atoms with Crippen LogP contribution in [0, 0.1) is 10.1 Å². The number of hydrogen-bond donors (Lipinski definition) is 0. The topological polar surface area (TPSA) is 68.5 Å². The number of benzene rings is 1. The Morgan fingerprint density at radius 3 is 2.73 bits per heavy atom. The van der Waals surface area contributed by atoms with Gasteiger partial charge in [0.05, 0.1) is 16.2 Å². The van der Waals surface area contributed by atoms with Crippen molar-refractivity contribution in [1.82, 2.24) is 9.88 Å². The lowest BCUT2D eigenvalue weighted by molar-refractivity contribution is -0.384. The van der Waals surface area contributed by atoms with Crippen LogP contribution in [0.3, 0.4) is 0 Å². The van der Waals surface area contributed by atoms with Gasteiger partial charge in [0.2, 0.25) is 0 Å². The molecule has 114 valence electrons. The van der Waals surface area contributed by atoms with Gasteiger partial charge in [-0.05, 0) is 46.3 Å². The highest BCUT2D eigenvalue weighted by Gasteiger charge is 2.18. The second kappa shape index (κ2) is 6.80. The third-order valence-electron chi connectivity index (χ3n) is 2.75. The van der Waals surface area contributed by atoms with Crippen LogP contribution in [0.2, 0.25) is 0 Å². The number of thiocarbonyl (C=S) groups is 1. The van der Waals surface area contributed by atoms with E-state index in [0.29, 0.717) is 21.5 Å². The smallest absolute Gasteiger partial charge is 0.270 e. The van der Waals surface area contributed by atoms with Gasteiger partial charge in [0.15, 0.2) is 0 Å². The minimum absolute atomic E-state index is 0.0457. The van der Waals surface area contributed by atoms with Crippen LogP contribution in [0.25, 0.3) is 11.3 Å². The molecule has 0 aliphatic heterocycles. The second-order valence-corrected chi connectivity index (χ2v) is 5.74. The van der Waals surface area contributed by atoms with E-state index in [1.165, 1.54) is 18.2 Å². The van der Waals surface area contributed by atoms with Gasteiger partial charge in [0, 0.05) is 36.9 Å². The molecule has 1 aromatic heterocycles. The number of pyridine rings is 1. The molecule has 2 rings (SSSR count). The van der Waals surface area contributed by atoms with Crippen molar-refractivity contribution in [3.63, 3.8) is 0 Å². The summed E-state index contributed by atoms with van der Waals surface area (Å²) in [4.78, 5) is 16.4. The van der Waals surface area contributed by atoms with Gasteiger partial charge in [-0.1, -0.05) is 0 Å². The van der Waals surface area contributed by atoms with Crippen LogP contribution < -0.4 is 4.74 Å². The first kappa shape index (κ1) is 16.3. The van der Waals surface area contributed by atoms with E-state index in [9.17, 15) is 10.1 Å². The zero-order chi connectivity index (χ0) is 16.3. The van der Waals surface area contributed by atoms with Crippen LogP contribution in [-0.2, 0) is 0 Å². The summed E-state index contributed by atoms with van der Waals surface area (Å²) >= 11 is 8.52. The van der Waals surface area contributed by atoms with Crippen LogP contribution in [-0.4, -0.2) is 34.1 Å². The molecule has 0 radical (unpaired) electrons. The highest BCUT2D eigenvalue weighted by Crippen LogP contribution is 2.36. The van der Waals surface area contributed by atoms with E-state index in [1.54, 1.807) is 37.3 Å². The molecule has 0 saturated carbocycles. The standard InChI is InChI=1S/C14H12BrN3O3S/c1-17(2)14(22)21-12-6-5-9(18(19)20)8-10(12)13-11(15)4-3-7-16-13/h3-8H,1-2H3. The number of non-ortho nitro benzene ring substituents is 1. The van der Waals surface area contributed by atoms with Crippen LogP contribution in [0.15, 0.2) is 41.0 Å². The summed E-state index contributed by atoms with van der Waals surface area (Å²) in [5.74, 6) is 0.406. The zero-order valence-corrected chi connectivity index (χ0v) is 14.2. The lowest BCUT2D eigenvalue weighted by Crippen LogP contribution is -2.25. The Kier molecular flexibility index (Phi) is 5.04. The molecule has 0 atom stereocenters. The molecule has 8 heteroatoms. The molecule has 0 aliphatic rings. The number of ether oxygens (including phenoxy) is 1. The lowest BCUT2D eigenvalue weighted by atomic mass is 10.1. The minimum atomic E-state index is -0.464. The summed E-state index contributed by atoms with van der Waals surface area (Å²) in [7, 11) is 3.51. The number of nitrogens with zero attached hydrogens (tertiary/aromatic N) is 3. The van der Waals surface area contributed by atoms with Gasteiger partial charge in [0.1, 0.15) is 5.75 Å². The van der Waals surface area contributed by atoms with E-state index in [1.807, 2.05) is 0 Å². The number of nitro benzene ring substituents is 1. The summed E-state index contributed by atoms with van der Waals surface area (Å²) in [5.41, 5.74) is 0.990. The van der Waals surface area contributed by atoms with E-state index in [-0.39, 0.29) is 10.9 Å². The van der Waals surface area contributed by atoms with Crippen molar-refractivity contribution in [2.45, 2.75) is 0 Å². The highest BCUT2D eigenvalue weighted by atomic mass is 79.9. The fourth-order valence-corrected chi connectivity index (χ4v) is 2.23. The molecule has 0 N–H and O–H groups in total. The van der Waals surface area contributed by atoms with E-state index < -0.39 is 4.92 Å². The fourth-order valence-electron chi connectivity index (χ4n) is 1.67. The lowest BCUT2D eigenvalue weighted by Gasteiger charge is -2.16. The van der Waals surface area contributed by atoms with Gasteiger partial charge >= 0.3 is 0 Å². The number of rotatable bonds is 3. The van der Waals surface area contributed by atoms with Crippen molar-refractivity contribution in [3.8, 4) is 17.0 Å². The third kappa shape index (κ3) is 3.58. The van der Waals surface area contributed by atoms with Crippen LogP contribution in [0.4, 0.5) is 5.69 Å². The summed E-state index contributed by atoms with van der Waals surface area (Å²) in [6.07, 6.45) is 1.60. The summed E-state index contributed by atoms with van der Waals surface area (Å²) in [6.45, 7) is 0. The van der Waals surface area contributed by atoms with E-state index in [2.05, 4.69) is 20.9 Å². The molecule has 22 heavy (non-hydrogen) atoms. The molecule has 1 aromatic carbocycles. The Morgan fingerprint density at radius 2 is 2.14 bits per heavy atom. The van der Waals surface area contributed by atoms with Crippen molar-refractivity contribution in [2.24, 2.45) is 0 Å². The Labute approximate surface area is 141 Å². The van der Waals surface area contributed by atoms with Crippen LogP contribution >= 0.6 is 28.1 Å². The average molecular weight is 382 g/mol. The molecule has 0 fully saturated rings. The minimum Gasteiger partial charge on any atom is -0.431 e. The molecule has 0 bridgehead atoms. The molecule has 1 heterocycles. The maximum Gasteiger partial charge on any atom is 0.270 e. The molecule has 0 amide bonds. The van der Waals surface area contributed by atoms with Gasteiger partial charge in [-0.25, -0.2) is 0 Å². The van der Waals surface area contributed by atoms with Crippen molar-refractivity contribution in [1.29, 1.82) is 0 Å². The first-order valence-corrected chi connectivity index (χ1v) is 7.38. The molecule has 0 aliphatic carbocycles. The predicted octanol–water partition coefficient (Wildman–Crippen LogP) is 3.64. The first-order chi connectivity index (χ1) is 10.4. The Balaban J connectivity index is 2.57. The molecule has 2 aromatic rings. The predicted molar refractivity (Wildman–Crippen MR) is 90.9 cm³/mol. The first-order valence-electron chi connectivity index (χ1n) is 6.18. The van der Waals surface area contributed by atoms with Gasteiger partial charge in [0.25, 0.3) is 10.9 Å². The van der Waals surface area contributed by atoms with Gasteiger partial charge in [-0.15, -0.1) is 0 Å². The fraction of sp³-hybridized carbons (Fsp3) is 0.143. The summed E-state index contributed by atoms with van der Waals surface area (Å²) in [6, 6.07) is 7.87. The molecular formula is C14H12BrN3O3S. The molecular weight excluding hydrogens is 370 g/mol. The van der Waals surface area contributed by atoms with Crippen molar-refractivity contribution >= 4 is 39.0 Å². The normalized spacial score (nSPS) is 10.1. The highest BCUT2D eigenvalue weighted by molar-refractivity contribution is 9.10. The molecule has 0 spiro atoms. The van der Waals surface area contributed by atoms with E-state index in [0.717, 1.165) is 0 Å². The second-order valence-electron chi connectivity index (χ2n) is 4.53. The molecule has 0 saturated heterocycles. The van der Waals surface area contributed by atoms with Crippen LogP contribution in [0.1, 0.15) is 0 Å². The van der Waals surface area contributed by atoms with E-state index in [4.69, 9.17) is 17.0 Å².